The molecular weight excluding hydrogens is 362 g/mol. The van der Waals surface area contributed by atoms with Crippen LogP contribution in [0.2, 0.25) is 0 Å². The van der Waals surface area contributed by atoms with Crippen LogP contribution in [-0.4, -0.2) is 44.0 Å². The smallest absolute Gasteiger partial charge is 0.325 e. The molecule has 0 radical (unpaired) electrons. The minimum atomic E-state index is -0.524. The molecule has 0 spiro atoms. The van der Waals surface area contributed by atoms with Crippen LogP contribution in [0.3, 0.4) is 0 Å². The third-order valence-corrected chi connectivity index (χ3v) is 3.98. The average Bonchev–Trinajstić information content (AvgIpc) is 2.70. The fourth-order valence-corrected chi connectivity index (χ4v) is 2.60. The van der Waals surface area contributed by atoms with E-state index in [1.165, 1.54) is 0 Å². The van der Waals surface area contributed by atoms with Crippen LogP contribution >= 0.6 is 0 Å². The van der Waals surface area contributed by atoms with E-state index in [2.05, 4.69) is 20.7 Å². The van der Waals surface area contributed by atoms with Gasteiger partial charge in [0, 0.05) is 17.4 Å². The first-order valence-electron chi connectivity index (χ1n) is 9.31. The zero-order valence-corrected chi connectivity index (χ0v) is 16.1. The Bertz CT molecular complexity index is 674. The first kappa shape index (κ1) is 23.0. The second-order valence-electron chi connectivity index (χ2n) is 6.14. The fraction of sp³-hybridized carbons (Fsp3) is 0.526. The van der Waals surface area contributed by atoms with Gasteiger partial charge in [-0.3, -0.25) is 14.4 Å². The van der Waals surface area contributed by atoms with Gasteiger partial charge in [-0.1, -0.05) is 41.9 Å². The summed E-state index contributed by atoms with van der Waals surface area (Å²) in [5.74, 6) is -1.50. The molecule has 1 aromatic rings. The molecule has 0 aromatic heterocycles. The maximum atomic E-state index is 12.5. The van der Waals surface area contributed by atoms with Crippen molar-refractivity contribution in [3.63, 3.8) is 0 Å². The van der Waals surface area contributed by atoms with Crippen LogP contribution < -0.4 is 10.6 Å². The van der Waals surface area contributed by atoms with Crippen LogP contribution in [0, 0.1) is 5.92 Å². The highest BCUT2D eigenvalue weighted by Crippen LogP contribution is 2.16. The Balaban J connectivity index is 2.51. The number of unbranched alkanes of at least 4 members (excludes halogenated alkanes) is 1. The molecule has 1 rings (SSSR count). The number of carbonyl (C=O) groups excluding carboxylic acids is 3. The van der Waals surface area contributed by atoms with Crippen molar-refractivity contribution in [1.82, 2.24) is 10.6 Å². The summed E-state index contributed by atoms with van der Waals surface area (Å²) in [5, 5.41) is 8.52. The number of rotatable bonds is 13. The molecule has 0 heterocycles. The molecule has 2 amide bonds. The number of carbonyl (C=O) groups is 3. The first-order chi connectivity index (χ1) is 13.6. The lowest BCUT2D eigenvalue weighted by atomic mass is 9.93. The van der Waals surface area contributed by atoms with Gasteiger partial charge in [-0.2, -0.15) is 0 Å². The molecule has 0 fully saturated rings. The summed E-state index contributed by atoms with van der Waals surface area (Å²) in [6, 6.07) is 9.63. The van der Waals surface area contributed by atoms with E-state index in [9.17, 15) is 14.4 Å². The molecule has 152 valence electrons. The second-order valence-corrected chi connectivity index (χ2v) is 6.14. The summed E-state index contributed by atoms with van der Waals surface area (Å²) < 4.78 is 4.72. The zero-order valence-electron chi connectivity index (χ0n) is 16.1. The molecule has 0 bridgehead atoms. The maximum Gasteiger partial charge on any atom is 0.325 e. The molecule has 0 saturated carbocycles. The first-order valence-corrected chi connectivity index (χ1v) is 9.31. The van der Waals surface area contributed by atoms with Gasteiger partial charge in [0.05, 0.1) is 13.2 Å². The van der Waals surface area contributed by atoms with Crippen LogP contribution in [-0.2, 0) is 25.5 Å². The van der Waals surface area contributed by atoms with Gasteiger partial charge in [0.2, 0.25) is 11.8 Å². The van der Waals surface area contributed by atoms with Gasteiger partial charge < -0.3 is 15.4 Å². The molecule has 2 N–H and O–H groups in total. The van der Waals surface area contributed by atoms with Crippen molar-refractivity contribution in [3.8, 4) is 0 Å². The Hall–Kier alpha value is -3.06. The van der Waals surface area contributed by atoms with Gasteiger partial charge in [0.15, 0.2) is 0 Å². The fourth-order valence-electron chi connectivity index (χ4n) is 2.60. The lowest BCUT2D eigenvalue weighted by Gasteiger charge is -2.17. The summed E-state index contributed by atoms with van der Waals surface area (Å²) >= 11 is 0. The Morgan fingerprint density at radius 3 is 2.57 bits per heavy atom. The monoisotopic (exact) mass is 389 g/mol. The predicted octanol–water partition coefficient (Wildman–Crippen LogP) is 2.12. The average molecular weight is 389 g/mol. The number of esters is 1. The van der Waals surface area contributed by atoms with Crippen molar-refractivity contribution in [2.75, 3.05) is 26.2 Å². The quantitative estimate of drug-likeness (QED) is 0.176. The number of hydrogen-bond donors (Lipinski definition) is 2. The highest BCUT2D eigenvalue weighted by Gasteiger charge is 2.19. The van der Waals surface area contributed by atoms with Crippen LogP contribution in [0.4, 0.5) is 0 Å². The van der Waals surface area contributed by atoms with Crippen molar-refractivity contribution in [3.05, 3.63) is 46.3 Å². The van der Waals surface area contributed by atoms with Crippen LogP contribution in [0.5, 0.6) is 0 Å². The summed E-state index contributed by atoms with van der Waals surface area (Å²) in [6.07, 6.45) is 2.60. The molecule has 28 heavy (non-hydrogen) atoms. The lowest BCUT2D eigenvalue weighted by molar-refractivity contribution is -0.143. The van der Waals surface area contributed by atoms with Gasteiger partial charge in [-0.15, -0.1) is 0 Å². The number of benzene rings is 1. The van der Waals surface area contributed by atoms with Crippen LogP contribution in [0.25, 0.3) is 10.4 Å². The summed E-state index contributed by atoms with van der Waals surface area (Å²) in [5.41, 5.74) is 9.35. The van der Waals surface area contributed by atoms with Crippen molar-refractivity contribution in [2.24, 2.45) is 11.0 Å². The molecule has 0 saturated heterocycles. The van der Waals surface area contributed by atoms with Crippen LogP contribution in [0.15, 0.2) is 35.4 Å². The number of amides is 2. The number of azide groups is 1. The number of hydrogen-bond acceptors (Lipinski definition) is 5. The summed E-state index contributed by atoms with van der Waals surface area (Å²) in [6.45, 7) is 1.88. The summed E-state index contributed by atoms with van der Waals surface area (Å²) in [7, 11) is 0. The van der Waals surface area contributed by atoms with Crippen LogP contribution in [0.1, 0.15) is 31.7 Å². The van der Waals surface area contributed by atoms with Crippen molar-refractivity contribution in [1.29, 1.82) is 0 Å². The Morgan fingerprint density at radius 1 is 1.14 bits per heavy atom. The van der Waals surface area contributed by atoms with E-state index in [0.29, 0.717) is 25.8 Å². The number of nitrogens with one attached hydrogen (secondary N) is 2. The minimum Gasteiger partial charge on any atom is -0.465 e. The zero-order chi connectivity index (χ0) is 20.6. The molecule has 1 aromatic carbocycles. The SMILES string of the molecule is CCOC(=O)CNC(=O)CNC(=O)[C@H](CCCCN=[N+]=[N-])Cc1ccccc1. The summed E-state index contributed by atoms with van der Waals surface area (Å²) in [4.78, 5) is 38.3. The molecule has 1 atom stereocenters. The Labute approximate surface area is 164 Å². The minimum absolute atomic E-state index is 0.206. The molecule has 9 nitrogen and oxygen atoms in total. The predicted molar refractivity (Wildman–Crippen MR) is 104 cm³/mol. The van der Waals surface area contributed by atoms with Crippen molar-refractivity contribution >= 4 is 17.8 Å². The Kier molecular flexibility index (Phi) is 11.5. The van der Waals surface area contributed by atoms with Gasteiger partial charge in [0.1, 0.15) is 6.54 Å². The molecule has 0 aliphatic carbocycles. The van der Waals surface area contributed by atoms with E-state index in [0.717, 1.165) is 12.0 Å². The molecular formula is C19H27N5O4. The molecule has 0 aliphatic heterocycles. The highest BCUT2D eigenvalue weighted by molar-refractivity contribution is 5.87. The highest BCUT2D eigenvalue weighted by atomic mass is 16.5. The van der Waals surface area contributed by atoms with E-state index in [1.807, 2.05) is 30.3 Å². The van der Waals surface area contributed by atoms with E-state index in [1.54, 1.807) is 6.92 Å². The second kappa shape index (κ2) is 14.1. The van der Waals surface area contributed by atoms with Gasteiger partial charge in [-0.05, 0) is 37.3 Å². The third kappa shape index (κ3) is 10.2. The van der Waals surface area contributed by atoms with Gasteiger partial charge in [-0.25, -0.2) is 0 Å². The maximum absolute atomic E-state index is 12.5. The van der Waals surface area contributed by atoms with E-state index in [4.69, 9.17) is 10.3 Å². The molecule has 9 heteroatoms. The Morgan fingerprint density at radius 2 is 1.89 bits per heavy atom. The molecule has 0 unspecified atom stereocenters. The largest absolute Gasteiger partial charge is 0.465 e. The topological polar surface area (TPSA) is 133 Å². The van der Waals surface area contributed by atoms with E-state index in [-0.39, 0.29) is 31.5 Å². The molecule has 0 aliphatic rings. The normalized spacial score (nSPS) is 11.0. The van der Waals surface area contributed by atoms with Gasteiger partial charge in [0.25, 0.3) is 0 Å². The number of ether oxygens (including phenoxy) is 1. The van der Waals surface area contributed by atoms with E-state index < -0.39 is 11.9 Å². The van der Waals surface area contributed by atoms with Crippen molar-refractivity contribution in [2.45, 2.75) is 32.6 Å². The van der Waals surface area contributed by atoms with Crippen molar-refractivity contribution < 1.29 is 19.1 Å². The lowest BCUT2D eigenvalue weighted by Crippen LogP contribution is -2.41. The van der Waals surface area contributed by atoms with E-state index >= 15 is 0 Å². The number of nitrogens with zero attached hydrogens (tertiary/aromatic N) is 3. The standard InChI is InChI=1S/C19H27N5O4/c1-2-28-18(26)14-21-17(25)13-22-19(27)16(10-6-7-11-23-24-20)12-15-8-4-3-5-9-15/h3-5,8-9,16H,2,6-7,10-14H2,1H3,(H,21,25)(H,22,27)/t16-/m1/s1. The third-order valence-electron chi connectivity index (χ3n) is 3.98. The van der Waals surface area contributed by atoms with Gasteiger partial charge >= 0.3 is 5.97 Å².